The zero-order valence-electron chi connectivity index (χ0n) is 1.84. The average molecular weight is 225 g/mol. The van der Waals surface area contributed by atoms with E-state index in [0.29, 0.717) is 0 Å². The molecule has 0 aliphatic carbocycles. The van der Waals surface area contributed by atoms with Crippen LogP contribution >= 0.6 is 0 Å². The Morgan fingerprint density at radius 2 is 0.500 bits per heavy atom. The summed E-state index contributed by atoms with van der Waals surface area (Å²) in [5.41, 5.74) is 0. The Hall–Kier alpha value is 2.30. The van der Waals surface area contributed by atoms with Crippen LogP contribution in [0.3, 0.4) is 0 Å². The summed E-state index contributed by atoms with van der Waals surface area (Å²) in [4.78, 5) is 0. The minimum Gasteiger partial charge on any atom is 0 e. The van der Waals surface area contributed by atoms with Gasteiger partial charge >= 0.3 is 0 Å². The summed E-state index contributed by atoms with van der Waals surface area (Å²) in [7, 11) is 0. The van der Waals surface area contributed by atoms with Crippen molar-refractivity contribution in [2.24, 2.45) is 0 Å². The van der Waals surface area contributed by atoms with E-state index >= 15 is 0 Å². The van der Waals surface area contributed by atoms with Crippen LogP contribution in [0, 0.1) is 0 Å². The second-order valence-electron chi connectivity index (χ2n) is 0. The van der Waals surface area contributed by atoms with Gasteiger partial charge in [0.05, 0.1) is 0 Å². The molecule has 4 heavy (non-hydrogen) atoms. The Balaban J connectivity index is 0. The van der Waals surface area contributed by atoms with Crippen LogP contribution in [0.15, 0.2) is 0 Å². The van der Waals surface area contributed by atoms with Crippen molar-refractivity contribution in [2.75, 3.05) is 0 Å². The summed E-state index contributed by atoms with van der Waals surface area (Å²) in [6, 6.07) is 0. The summed E-state index contributed by atoms with van der Waals surface area (Å²) in [5.74, 6) is 0. The van der Waals surface area contributed by atoms with Crippen molar-refractivity contribution in [3.05, 3.63) is 0 Å². The average Bonchev–Trinajstić information content (AvgIpc) is 0. The van der Waals surface area contributed by atoms with Gasteiger partial charge in [-0.3, -0.25) is 0 Å². The van der Waals surface area contributed by atoms with Gasteiger partial charge < -0.3 is 0 Å². The molecule has 0 atom stereocenters. The van der Waals surface area contributed by atoms with Crippen LogP contribution in [0.5, 0.6) is 0 Å². The summed E-state index contributed by atoms with van der Waals surface area (Å²) < 4.78 is 0. The standard InChI is InChI=1S/Ge.3V. The van der Waals surface area contributed by atoms with Gasteiger partial charge in [-0.05, 0) is 0 Å². The van der Waals surface area contributed by atoms with Crippen molar-refractivity contribution >= 4 is 17.6 Å². The minimum absolute atomic E-state index is 0. The first kappa shape index (κ1) is 33.5. The van der Waals surface area contributed by atoms with Gasteiger partial charge in [0.25, 0.3) is 0 Å². The van der Waals surface area contributed by atoms with Crippen molar-refractivity contribution in [3.63, 3.8) is 0 Å². The van der Waals surface area contributed by atoms with Crippen LogP contribution in [-0.4, -0.2) is 17.6 Å². The van der Waals surface area contributed by atoms with Crippen molar-refractivity contribution in [2.45, 2.75) is 0 Å². The molecule has 0 unspecified atom stereocenters. The fraction of sp³-hybridized carbons (Fsp3) is 0. The van der Waals surface area contributed by atoms with E-state index in [2.05, 4.69) is 0 Å². The summed E-state index contributed by atoms with van der Waals surface area (Å²) in [5, 5.41) is 0. The molecule has 7 radical (unpaired) electrons. The third-order valence-corrected chi connectivity index (χ3v) is 0. The molecule has 0 heterocycles. The molecule has 0 saturated heterocycles. The largest absolute Gasteiger partial charge is 0 e. The predicted octanol–water partition coefficient (Wildman–Crippen LogP) is -0.388. The molecule has 0 N–H and O–H groups in total. The van der Waals surface area contributed by atoms with Crippen LogP contribution < -0.4 is 0 Å². The molecule has 0 aromatic heterocycles. The molecule has 0 fully saturated rings. The summed E-state index contributed by atoms with van der Waals surface area (Å²) in [6.45, 7) is 0. The molecule has 0 aromatic rings. The van der Waals surface area contributed by atoms with Crippen LogP contribution in [-0.2, 0) is 55.7 Å². The Bertz CT molecular complexity index is 3.25. The molecular weight excluding hydrogens is 225 g/mol. The fourth-order valence-corrected chi connectivity index (χ4v) is 0. The van der Waals surface area contributed by atoms with E-state index in [-0.39, 0.29) is 73.3 Å². The minimum atomic E-state index is 0. The Kier molecular flexibility index (Phi) is 155. The van der Waals surface area contributed by atoms with Gasteiger partial charge in [-0.25, -0.2) is 0 Å². The molecule has 19 valence electrons. The van der Waals surface area contributed by atoms with Gasteiger partial charge in [-0.1, -0.05) is 0 Å². The second kappa shape index (κ2) is 18.5. The molecule has 0 nitrogen and oxygen atoms in total. The van der Waals surface area contributed by atoms with Crippen LogP contribution in [0.2, 0.25) is 0 Å². The Morgan fingerprint density at radius 3 is 0.500 bits per heavy atom. The maximum Gasteiger partial charge on any atom is 0 e. The first-order valence-electron chi connectivity index (χ1n) is 0. The molecule has 0 aliphatic rings. The Morgan fingerprint density at radius 1 is 0.500 bits per heavy atom. The molecule has 0 rings (SSSR count). The third-order valence-electron chi connectivity index (χ3n) is 0. The van der Waals surface area contributed by atoms with Crippen LogP contribution in [0.25, 0.3) is 0 Å². The van der Waals surface area contributed by atoms with E-state index in [1.807, 2.05) is 0 Å². The van der Waals surface area contributed by atoms with Crippen molar-refractivity contribution in [1.82, 2.24) is 0 Å². The number of hydrogen-bond acceptors (Lipinski definition) is 0. The van der Waals surface area contributed by atoms with Crippen molar-refractivity contribution in [1.29, 1.82) is 0 Å². The summed E-state index contributed by atoms with van der Waals surface area (Å²) >= 11 is 0. The van der Waals surface area contributed by atoms with E-state index < -0.39 is 0 Å². The van der Waals surface area contributed by atoms with Crippen LogP contribution in [0.4, 0.5) is 0 Å². The topological polar surface area (TPSA) is 0 Å². The Labute approximate surface area is 72.5 Å². The van der Waals surface area contributed by atoms with Gasteiger partial charge in [0.2, 0.25) is 0 Å². The molecule has 0 amide bonds. The molecular formula is GeV3. The van der Waals surface area contributed by atoms with E-state index in [1.165, 1.54) is 0 Å². The molecule has 4 heteroatoms. The van der Waals surface area contributed by atoms with E-state index in [1.54, 1.807) is 0 Å². The van der Waals surface area contributed by atoms with Gasteiger partial charge in [0, 0.05) is 73.3 Å². The maximum atomic E-state index is 0. The van der Waals surface area contributed by atoms with Gasteiger partial charge in [-0.15, -0.1) is 0 Å². The molecule has 0 aliphatic heterocycles. The quantitative estimate of drug-likeness (QED) is 0.493. The molecule has 0 saturated carbocycles. The first-order chi connectivity index (χ1) is 0. The molecule has 0 spiro atoms. The summed E-state index contributed by atoms with van der Waals surface area (Å²) in [6.07, 6.45) is 0. The van der Waals surface area contributed by atoms with Gasteiger partial charge in [0.15, 0.2) is 0 Å². The fourth-order valence-electron chi connectivity index (χ4n) is 0. The van der Waals surface area contributed by atoms with Crippen molar-refractivity contribution in [3.8, 4) is 0 Å². The number of rotatable bonds is 0. The third kappa shape index (κ3) is 8.85. The van der Waals surface area contributed by atoms with Crippen molar-refractivity contribution < 1.29 is 55.7 Å². The van der Waals surface area contributed by atoms with E-state index in [4.69, 9.17) is 0 Å². The SMILES string of the molecule is [Ge].[V].[V].[V]. The zero-order valence-corrected chi connectivity index (χ0v) is 8.13. The van der Waals surface area contributed by atoms with E-state index in [9.17, 15) is 0 Å². The van der Waals surface area contributed by atoms with Gasteiger partial charge in [-0.2, -0.15) is 0 Å². The molecule has 0 aromatic carbocycles. The number of hydrogen-bond donors (Lipinski definition) is 0. The smallest absolute Gasteiger partial charge is 0 e. The normalized spacial score (nSPS) is 0. The first-order valence-corrected chi connectivity index (χ1v) is 0. The molecule has 0 bridgehead atoms. The monoisotopic (exact) mass is 227 g/mol. The second-order valence-corrected chi connectivity index (χ2v) is 0. The zero-order chi connectivity index (χ0) is 0. The van der Waals surface area contributed by atoms with Gasteiger partial charge in [0.1, 0.15) is 0 Å². The predicted molar refractivity (Wildman–Crippen MR) is 5.75 cm³/mol. The van der Waals surface area contributed by atoms with E-state index in [0.717, 1.165) is 0 Å². The van der Waals surface area contributed by atoms with Crippen LogP contribution in [0.1, 0.15) is 0 Å². The maximum absolute atomic E-state index is 0.